The highest BCUT2D eigenvalue weighted by molar-refractivity contribution is 6.35. The summed E-state index contributed by atoms with van der Waals surface area (Å²) in [5, 5.41) is -4.23. The fourth-order valence-corrected chi connectivity index (χ4v) is 0.934. The number of carbonyl (C=O) groups is 1. The van der Waals surface area contributed by atoms with Gasteiger partial charge in [0, 0.05) is 0 Å². The molecule has 1 nitrogen and oxygen atoms in total. The maximum absolute atomic E-state index is 12.8. The van der Waals surface area contributed by atoms with Crippen molar-refractivity contribution in [1.29, 1.82) is 0 Å². The minimum absolute atomic E-state index is 0.707. The molecule has 0 aliphatic rings. The molecule has 0 unspecified atom stereocenters. The molecule has 0 aliphatic heterocycles. The van der Waals surface area contributed by atoms with Gasteiger partial charge in [-0.15, -0.1) is 0 Å². The van der Waals surface area contributed by atoms with Gasteiger partial charge in [0.05, 0.1) is 5.56 Å². The van der Waals surface area contributed by atoms with E-state index in [1.807, 2.05) is 0 Å². The predicted octanol–water partition coefficient (Wildman–Crippen LogP) is 2.98. The number of carbonyl (C=O) groups excluding carboxylic acids is 1. The first-order valence-electron chi connectivity index (χ1n) is 3.39. The van der Waals surface area contributed by atoms with Crippen LogP contribution in [0.2, 0.25) is 0 Å². The maximum Gasteiger partial charge on any atom is 0.385 e. The van der Waals surface area contributed by atoms with Crippen LogP contribution in [0.5, 0.6) is 0 Å². The Hall–Kier alpha value is -1.10. The maximum atomic E-state index is 12.8. The van der Waals surface area contributed by atoms with E-state index in [1.165, 1.54) is 0 Å². The van der Waals surface area contributed by atoms with E-state index < -0.39 is 28.4 Å². The summed E-state index contributed by atoms with van der Waals surface area (Å²) >= 11 is 4.37. The van der Waals surface area contributed by atoms with Gasteiger partial charge < -0.3 is 0 Å². The molecule has 0 saturated carbocycles. The number of ketones is 1. The molecule has 0 aromatic heterocycles. The third kappa shape index (κ3) is 2.04. The summed E-state index contributed by atoms with van der Waals surface area (Å²) in [7, 11) is 0. The Morgan fingerprint density at radius 2 is 1.86 bits per heavy atom. The summed E-state index contributed by atoms with van der Waals surface area (Å²) in [5.41, 5.74) is -1.06. The van der Waals surface area contributed by atoms with Crippen molar-refractivity contribution >= 4 is 17.4 Å². The number of alkyl halides is 3. The van der Waals surface area contributed by atoms with Gasteiger partial charge in [-0.05, 0) is 23.7 Å². The average molecular weight is 227 g/mol. The second-order valence-corrected chi connectivity index (χ2v) is 2.90. The standard InChI is InChI=1S/C8H3ClF4O/c9-8(12,13)7(14)4-2-1-3-5(10)6(4)11/h1-3H. The lowest BCUT2D eigenvalue weighted by molar-refractivity contribution is 0.0530. The molecule has 1 aromatic rings. The van der Waals surface area contributed by atoms with E-state index in [-0.39, 0.29) is 0 Å². The topological polar surface area (TPSA) is 17.1 Å². The zero-order valence-corrected chi connectivity index (χ0v) is 7.29. The summed E-state index contributed by atoms with van der Waals surface area (Å²) in [5.74, 6) is -4.97. The van der Waals surface area contributed by atoms with E-state index in [4.69, 9.17) is 0 Å². The second kappa shape index (κ2) is 3.57. The van der Waals surface area contributed by atoms with Crippen molar-refractivity contribution in [1.82, 2.24) is 0 Å². The quantitative estimate of drug-likeness (QED) is 0.430. The van der Waals surface area contributed by atoms with Crippen molar-refractivity contribution in [3.05, 3.63) is 35.4 Å². The molecule has 0 saturated heterocycles. The summed E-state index contributed by atoms with van der Waals surface area (Å²) in [6.07, 6.45) is 0. The molecule has 0 aliphatic carbocycles. The predicted molar refractivity (Wildman–Crippen MR) is 41.5 cm³/mol. The van der Waals surface area contributed by atoms with Gasteiger partial charge in [-0.3, -0.25) is 4.79 Å². The molecule has 0 radical (unpaired) electrons. The fraction of sp³-hybridized carbons (Fsp3) is 0.125. The minimum Gasteiger partial charge on any atom is -0.286 e. The van der Waals surface area contributed by atoms with Crippen molar-refractivity contribution in [2.75, 3.05) is 0 Å². The van der Waals surface area contributed by atoms with Crippen LogP contribution in [-0.2, 0) is 0 Å². The third-order valence-corrected chi connectivity index (χ3v) is 1.63. The highest BCUT2D eigenvalue weighted by atomic mass is 35.5. The van der Waals surface area contributed by atoms with E-state index in [1.54, 1.807) is 0 Å². The highest BCUT2D eigenvalue weighted by Gasteiger charge is 2.38. The van der Waals surface area contributed by atoms with Crippen LogP contribution in [-0.4, -0.2) is 11.2 Å². The number of Topliss-reactive ketones (excluding diaryl/α,β-unsaturated/α-hetero) is 1. The van der Waals surface area contributed by atoms with Crippen LogP contribution >= 0.6 is 11.6 Å². The molecule has 6 heteroatoms. The first kappa shape index (κ1) is 11.0. The fourth-order valence-electron chi connectivity index (χ4n) is 0.832. The van der Waals surface area contributed by atoms with Gasteiger partial charge in [0.25, 0.3) is 5.78 Å². The first-order chi connectivity index (χ1) is 6.34. The van der Waals surface area contributed by atoms with Crippen molar-refractivity contribution < 1.29 is 22.4 Å². The first-order valence-corrected chi connectivity index (χ1v) is 3.77. The Balaban J connectivity index is 3.21. The van der Waals surface area contributed by atoms with E-state index in [9.17, 15) is 22.4 Å². The summed E-state index contributed by atoms with van der Waals surface area (Å²) in [6, 6.07) is 2.38. The SMILES string of the molecule is O=C(c1cccc(F)c1F)C(F)(F)Cl. The van der Waals surface area contributed by atoms with Crippen LogP contribution in [0.25, 0.3) is 0 Å². The lowest BCUT2D eigenvalue weighted by Crippen LogP contribution is -2.22. The Kier molecular flexibility index (Phi) is 2.80. The van der Waals surface area contributed by atoms with E-state index in [0.717, 1.165) is 12.1 Å². The molecule has 14 heavy (non-hydrogen) atoms. The van der Waals surface area contributed by atoms with Crippen molar-refractivity contribution in [2.45, 2.75) is 5.38 Å². The Labute approximate surface area is 81.3 Å². The molecule has 0 heterocycles. The molecule has 0 fully saturated rings. The molecule has 1 aromatic carbocycles. The van der Waals surface area contributed by atoms with Crippen LogP contribution in [0.1, 0.15) is 10.4 Å². The van der Waals surface area contributed by atoms with E-state index >= 15 is 0 Å². The lowest BCUT2D eigenvalue weighted by Gasteiger charge is -2.07. The van der Waals surface area contributed by atoms with Gasteiger partial charge in [-0.25, -0.2) is 8.78 Å². The van der Waals surface area contributed by atoms with Gasteiger partial charge in [0.1, 0.15) is 0 Å². The monoisotopic (exact) mass is 226 g/mol. The zero-order valence-electron chi connectivity index (χ0n) is 6.53. The molecule has 0 spiro atoms. The van der Waals surface area contributed by atoms with E-state index in [0.29, 0.717) is 6.07 Å². The smallest absolute Gasteiger partial charge is 0.286 e. The largest absolute Gasteiger partial charge is 0.385 e. The van der Waals surface area contributed by atoms with Gasteiger partial charge in [0.2, 0.25) is 0 Å². The molecule has 76 valence electrons. The summed E-state index contributed by atoms with van der Waals surface area (Å²) < 4.78 is 49.8. The Morgan fingerprint density at radius 3 is 2.36 bits per heavy atom. The Bertz CT molecular complexity index is 372. The van der Waals surface area contributed by atoms with Crippen molar-refractivity contribution in [3.63, 3.8) is 0 Å². The van der Waals surface area contributed by atoms with Crippen molar-refractivity contribution in [3.8, 4) is 0 Å². The molecule has 0 bridgehead atoms. The number of hydrogen-bond donors (Lipinski definition) is 0. The summed E-state index contributed by atoms with van der Waals surface area (Å²) in [4.78, 5) is 10.8. The van der Waals surface area contributed by atoms with Gasteiger partial charge in [-0.1, -0.05) is 6.07 Å². The number of hydrogen-bond acceptors (Lipinski definition) is 1. The molecule has 0 atom stereocenters. The second-order valence-electron chi connectivity index (χ2n) is 2.43. The molecule has 0 N–H and O–H groups in total. The molecule has 0 amide bonds. The third-order valence-electron chi connectivity index (χ3n) is 1.45. The minimum atomic E-state index is -4.23. The zero-order chi connectivity index (χ0) is 10.9. The van der Waals surface area contributed by atoms with Gasteiger partial charge in [-0.2, -0.15) is 8.78 Å². The van der Waals surface area contributed by atoms with Gasteiger partial charge >= 0.3 is 5.38 Å². The average Bonchev–Trinajstić information content (AvgIpc) is 2.07. The number of benzene rings is 1. The van der Waals surface area contributed by atoms with Crippen LogP contribution < -0.4 is 0 Å². The Morgan fingerprint density at radius 1 is 1.29 bits per heavy atom. The van der Waals surface area contributed by atoms with Crippen LogP contribution in [0.3, 0.4) is 0 Å². The molecular formula is C8H3ClF4O. The summed E-state index contributed by atoms with van der Waals surface area (Å²) in [6.45, 7) is 0. The van der Waals surface area contributed by atoms with Crippen LogP contribution in [0.4, 0.5) is 17.6 Å². The van der Waals surface area contributed by atoms with E-state index in [2.05, 4.69) is 11.6 Å². The lowest BCUT2D eigenvalue weighted by atomic mass is 10.1. The highest BCUT2D eigenvalue weighted by Crippen LogP contribution is 2.26. The van der Waals surface area contributed by atoms with Gasteiger partial charge in [0.15, 0.2) is 11.6 Å². The molecule has 1 rings (SSSR count). The van der Waals surface area contributed by atoms with Crippen LogP contribution in [0.15, 0.2) is 18.2 Å². The van der Waals surface area contributed by atoms with Crippen molar-refractivity contribution in [2.24, 2.45) is 0 Å². The normalized spacial score (nSPS) is 11.5. The van der Waals surface area contributed by atoms with Crippen LogP contribution in [0, 0.1) is 11.6 Å². The number of halogens is 5. The number of rotatable bonds is 2. The molecular weight excluding hydrogens is 224 g/mol.